The van der Waals surface area contributed by atoms with Gasteiger partial charge in [0.2, 0.25) is 0 Å². The minimum Gasteiger partial charge on any atom is -0.468 e. The van der Waals surface area contributed by atoms with E-state index in [0.717, 1.165) is 21.8 Å². The van der Waals surface area contributed by atoms with Crippen LogP contribution in [0.3, 0.4) is 0 Å². The predicted molar refractivity (Wildman–Crippen MR) is 133 cm³/mol. The van der Waals surface area contributed by atoms with E-state index in [9.17, 15) is 14.4 Å². The highest BCUT2D eigenvalue weighted by atomic mass is 16.5. The van der Waals surface area contributed by atoms with Crippen molar-refractivity contribution >= 4 is 17.7 Å². The summed E-state index contributed by atoms with van der Waals surface area (Å²) in [5, 5.41) is 14.7. The van der Waals surface area contributed by atoms with Crippen molar-refractivity contribution in [3.8, 4) is 11.8 Å². The number of nitrogens with one attached hydrogen (secondary N) is 3. The summed E-state index contributed by atoms with van der Waals surface area (Å²) in [6.07, 6.45) is 1.65. The van der Waals surface area contributed by atoms with E-state index < -0.39 is 23.3 Å². The largest absolute Gasteiger partial charge is 0.468 e. The van der Waals surface area contributed by atoms with E-state index in [-0.39, 0.29) is 5.56 Å². The lowest BCUT2D eigenvalue weighted by molar-refractivity contribution is -0.148. The number of carbonyl (C=O) groups excluding carboxylic acids is 3. The van der Waals surface area contributed by atoms with Gasteiger partial charge < -0.3 is 20.0 Å². The highest BCUT2D eigenvalue weighted by molar-refractivity contribution is 6.12. The van der Waals surface area contributed by atoms with Gasteiger partial charge in [-0.15, -0.1) is 0 Å². The average molecular weight is 489 g/mol. The predicted octanol–water partition coefficient (Wildman–Crippen LogP) is 2.05. The summed E-state index contributed by atoms with van der Waals surface area (Å²) in [7, 11) is 2.65. The van der Waals surface area contributed by atoms with Crippen LogP contribution in [0, 0.1) is 11.8 Å². The summed E-state index contributed by atoms with van der Waals surface area (Å²) in [6.45, 7) is 2.61. The van der Waals surface area contributed by atoms with Gasteiger partial charge in [0.05, 0.1) is 12.8 Å². The van der Waals surface area contributed by atoms with Gasteiger partial charge in [0.25, 0.3) is 17.7 Å². The maximum absolute atomic E-state index is 12.9. The summed E-state index contributed by atoms with van der Waals surface area (Å²) in [5.74, 6) is 4.69. The fourth-order valence-corrected chi connectivity index (χ4v) is 3.45. The molecular formula is C27H28N4O5. The van der Waals surface area contributed by atoms with Gasteiger partial charge in [-0.25, -0.2) is 5.48 Å². The molecule has 0 saturated carbocycles. The minimum absolute atomic E-state index is 0.260. The van der Waals surface area contributed by atoms with Gasteiger partial charge in [0.1, 0.15) is 5.76 Å². The van der Waals surface area contributed by atoms with Gasteiger partial charge in [-0.05, 0) is 61.0 Å². The molecule has 2 aromatic carbocycles. The number of benzene rings is 2. The van der Waals surface area contributed by atoms with E-state index in [1.165, 1.54) is 26.5 Å². The third-order valence-corrected chi connectivity index (χ3v) is 5.83. The molecule has 1 heterocycles. The van der Waals surface area contributed by atoms with Crippen molar-refractivity contribution in [2.45, 2.75) is 25.6 Å². The topological polar surface area (TPSA) is 124 Å². The lowest BCUT2D eigenvalue weighted by Crippen LogP contribution is -2.64. The second-order valence-corrected chi connectivity index (χ2v) is 8.16. The molecule has 186 valence electrons. The Balaban J connectivity index is 1.63. The van der Waals surface area contributed by atoms with Crippen LogP contribution >= 0.6 is 0 Å². The second-order valence-electron chi connectivity index (χ2n) is 8.16. The van der Waals surface area contributed by atoms with Crippen LogP contribution in [0.25, 0.3) is 0 Å². The monoisotopic (exact) mass is 488 g/mol. The highest BCUT2D eigenvalue weighted by Crippen LogP contribution is 2.18. The van der Waals surface area contributed by atoms with Crippen molar-refractivity contribution in [1.29, 1.82) is 0 Å². The summed E-state index contributed by atoms with van der Waals surface area (Å²) >= 11 is 0. The number of nitrogens with zero attached hydrogens (tertiary/aromatic N) is 1. The van der Waals surface area contributed by atoms with Crippen LogP contribution in [0.1, 0.15) is 39.7 Å². The lowest BCUT2D eigenvalue weighted by Gasteiger charge is -2.34. The maximum Gasteiger partial charge on any atom is 0.278 e. The molecule has 9 nitrogen and oxygen atoms in total. The molecule has 0 aliphatic carbocycles. The molecule has 4 N–H and O–H groups in total. The van der Waals surface area contributed by atoms with E-state index >= 15 is 0 Å². The quantitative estimate of drug-likeness (QED) is 0.167. The molecule has 9 heteroatoms. The normalized spacial score (nSPS) is 12.0. The molecular weight excluding hydrogens is 460 g/mol. The van der Waals surface area contributed by atoms with Crippen molar-refractivity contribution < 1.29 is 24.0 Å². The van der Waals surface area contributed by atoms with Gasteiger partial charge in [0.15, 0.2) is 5.54 Å². The third kappa shape index (κ3) is 5.99. The first-order chi connectivity index (χ1) is 17.3. The summed E-state index contributed by atoms with van der Waals surface area (Å²) in [4.78, 5) is 38.4. The number of hydrogen-bond acceptors (Lipinski definition) is 6. The highest BCUT2D eigenvalue weighted by Gasteiger charge is 2.47. The number of hydrogen-bond donors (Lipinski definition) is 4. The van der Waals surface area contributed by atoms with Crippen LogP contribution < -0.4 is 16.1 Å². The molecule has 0 bridgehead atoms. The average Bonchev–Trinajstić information content (AvgIpc) is 3.44. The van der Waals surface area contributed by atoms with Crippen molar-refractivity contribution in [2.75, 3.05) is 14.1 Å². The lowest BCUT2D eigenvalue weighted by atomic mass is 9.96. The molecule has 0 saturated heterocycles. The summed E-state index contributed by atoms with van der Waals surface area (Å²) in [6, 6.07) is 18.2. The fourth-order valence-electron chi connectivity index (χ4n) is 3.45. The van der Waals surface area contributed by atoms with Gasteiger partial charge in [0, 0.05) is 37.3 Å². The molecule has 0 unspecified atom stereocenters. The molecule has 0 spiro atoms. The zero-order valence-corrected chi connectivity index (χ0v) is 20.3. The number of furan rings is 1. The van der Waals surface area contributed by atoms with Crippen LogP contribution in [-0.2, 0) is 22.7 Å². The Morgan fingerprint density at radius 1 is 0.944 bits per heavy atom. The molecule has 0 radical (unpaired) electrons. The van der Waals surface area contributed by atoms with E-state index in [4.69, 9.17) is 9.62 Å². The standard InChI is InChI=1S/C27H28N4O5/c1-27(25(33)28-2,26(34)30-35)31(3)24(32)22-14-12-20(13-15-22)7-6-19-8-10-21(11-9-19)17-29-18-23-5-4-16-36-23/h4-5,8-16,29,35H,17-18H2,1-3H3,(H,28,33)(H,30,34)/t27-/m0/s1. The smallest absolute Gasteiger partial charge is 0.278 e. The van der Waals surface area contributed by atoms with Crippen LogP contribution in [0.4, 0.5) is 0 Å². The van der Waals surface area contributed by atoms with Crippen molar-refractivity contribution in [3.05, 3.63) is 94.9 Å². The zero-order chi connectivity index (χ0) is 26.1. The molecule has 1 aromatic heterocycles. The number of hydroxylamine groups is 1. The van der Waals surface area contributed by atoms with Crippen LogP contribution in [0.15, 0.2) is 71.3 Å². The molecule has 0 fully saturated rings. The van der Waals surface area contributed by atoms with Crippen molar-refractivity contribution in [3.63, 3.8) is 0 Å². The maximum atomic E-state index is 12.9. The second kappa shape index (κ2) is 11.8. The van der Waals surface area contributed by atoms with Gasteiger partial charge in [-0.2, -0.15) is 0 Å². The van der Waals surface area contributed by atoms with E-state index in [2.05, 4.69) is 22.5 Å². The Bertz CT molecular complexity index is 1240. The Morgan fingerprint density at radius 3 is 2.08 bits per heavy atom. The minimum atomic E-state index is -1.94. The van der Waals surface area contributed by atoms with Crippen LogP contribution in [0.2, 0.25) is 0 Å². The Kier molecular flexibility index (Phi) is 8.62. The summed E-state index contributed by atoms with van der Waals surface area (Å²) < 4.78 is 5.30. The first kappa shape index (κ1) is 26.2. The molecule has 0 aliphatic heterocycles. The zero-order valence-electron chi connectivity index (χ0n) is 20.3. The van der Waals surface area contributed by atoms with Gasteiger partial charge in [-0.3, -0.25) is 19.6 Å². The molecule has 3 aromatic rings. The third-order valence-electron chi connectivity index (χ3n) is 5.83. The van der Waals surface area contributed by atoms with E-state index in [1.807, 2.05) is 36.4 Å². The van der Waals surface area contributed by atoms with Crippen LogP contribution in [-0.4, -0.2) is 47.5 Å². The van der Waals surface area contributed by atoms with E-state index in [0.29, 0.717) is 18.7 Å². The van der Waals surface area contributed by atoms with Crippen molar-refractivity contribution in [2.24, 2.45) is 0 Å². The number of likely N-dealkylation sites (N-methyl/N-ethyl adjacent to an activating group) is 2. The fraction of sp³-hybridized carbons (Fsp3) is 0.222. The Morgan fingerprint density at radius 2 is 1.56 bits per heavy atom. The van der Waals surface area contributed by atoms with Crippen molar-refractivity contribution in [1.82, 2.24) is 21.0 Å². The molecule has 3 amide bonds. The molecule has 0 aliphatic rings. The Hall–Kier alpha value is -4.39. The number of carbonyl (C=O) groups is 3. The SMILES string of the molecule is CNC(=O)[C@@](C)(C(=O)NO)N(C)C(=O)c1ccc(C#Cc2ccc(CNCc3ccco3)cc2)cc1. The van der Waals surface area contributed by atoms with Gasteiger partial charge >= 0.3 is 0 Å². The summed E-state index contributed by atoms with van der Waals surface area (Å²) in [5.41, 5.74) is 2.43. The van der Waals surface area contributed by atoms with E-state index in [1.54, 1.807) is 30.5 Å². The van der Waals surface area contributed by atoms with Crippen LogP contribution in [0.5, 0.6) is 0 Å². The Labute approximate surface area is 209 Å². The first-order valence-electron chi connectivity index (χ1n) is 11.2. The molecule has 36 heavy (non-hydrogen) atoms. The molecule has 1 atom stereocenters. The molecule has 3 rings (SSSR count). The number of amides is 3. The first-order valence-corrected chi connectivity index (χ1v) is 11.2. The van der Waals surface area contributed by atoms with Gasteiger partial charge in [-0.1, -0.05) is 24.0 Å². The number of rotatable bonds is 8.